The molecule has 0 aliphatic heterocycles. The minimum absolute atomic E-state index is 0.142. The van der Waals surface area contributed by atoms with Gasteiger partial charge in [-0.3, -0.25) is 4.79 Å². The minimum atomic E-state index is -0.682. The molecule has 0 N–H and O–H groups in total. The van der Waals surface area contributed by atoms with Crippen LogP contribution in [-0.2, 0) is 4.74 Å². The summed E-state index contributed by atoms with van der Waals surface area (Å²) in [5.74, 6) is -0.968. The topological polar surface area (TPSA) is 56.5 Å². The zero-order chi connectivity index (χ0) is 16.4. The van der Waals surface area contributed by atoms with Crippen LogP contribution in [0.15, 0.2) is 52.9 Å². The van der Waals surface area contributed by atoms with E-state index in [0.717, 1.165) is 5.39 Å². The Morgan fingerprint density at radius 2 is 1.70 bits per heavy atom. The first-order chi connectivity index (χ1) is 11.0. The van der Waals surface area contributed by atoms with E-state index in [1.807, 2.05) is 18.2 Å². The molecular weight excluding hydrogens is 339 g/mol. The molecule has 2 aromatic carbocycles. The zero-order valence-corrected chi connectivity index (χ0v) is 13.2. The molecule has 0 fully saturated rings. The van der Waals surface area contributed by atoms with Crippen LogP contribution in [0.5, 0.6) is 0 Å². The van der Waals surface area contributed by atoms with Gasteiger partial charge in [0.25, 0.3) is 0 Å². The van der Waals surface area contributed by atoms with Crippen molar-refractivity contribution in [2.45, 2.75) is 0 Å². The smallest absolute Gasteiger partial charge is 0.338 e. The Balaban J connectivity index is 1.69. The van der Waals surface area contributed by atoms with Crippen LogP contribution in [0.3, 0.4) is 0 Å². The van der Waals surface area contributed by atoms with Gasteiger partial charge in [-0.05, 0) is 30.3 Å². The molecule has 3 aromatic rings. The van der Waals surface area contributed by atoms with E-state index in [0.29, 0.717) is 15.6 Å². The highest BCUT2D eigenvalue weighted by Crippen LogP contribution is 2.21. The summed E-state index contributed by atoms with van der Waals surface area (Å²) < 4.78 is 10.4. The quantitative estimate of drug-likeness (QED) is 0.502. The molecule has 116 valence electrons. The van der Waals surface area contributed by atoms with Crippen molar-refractivity contribution >= 4 is 45.9 Å². The van der Waals surface area contributed by atoms with Gasteiger partial charge in [-0.15, -0.1) is 0 Å². The van der Waals surface area contributed by atoms with Gasteiger partial charge in [0.15, 0.2) is 12.4 Å². The minimum Gasteiger partial charge on any atom is -0.454 e. The highest BCUT2D eigenvalue weighted by molar-refractivity contribution is 6.35. The third-order valence-electron chi connectivity index (χ3n) is 3.13. The number of Topliss-reactive ketones (excluding diaryl/α,β-unsaturated/α-hetero) is 1. The van der Waals surface area contributed by atoms with Crippen molar-refractivity contribution in [3.8, 4) is 0 Å². The number of hydrogen-bond donors (Lipinski definition) is 0. The predicted octanol–water partition coefficient (Wildman–Crippen LogP) is 4.78. The van der Waals surface area contributed by atoms with Crippen molar-refractivity contribution in [3.05, 3.63) is 69.9 Å². The van der Waals surface area contributed by atoms with Gasteiger partial charge in [-0.1, -0.05) is 41.4 Å². The maximum absolute atomic E-state index is 12.1. The first-order valence-electron chi connectivity index (χ1n) is 6.68. The van der Waals surface area contributed by atoms with Crippen LogP contribution in [0.2, 0.25) is 10.0 Å². The maximum Gasteiger partial charge on any atom is 0.338 e. The lowest BCUT2D eigenvalue weighted by atomic mass is 10.2. The summed E-state index contributed by atoms with van der Waals surface area (Å²) >= 11 is 11.6. The highest BCUT2D eigenvalue weighted by atomic mass is 35.5. The van der Waals surface area contributed by atoms with Crippen molar-refractivity contribution in [2.75, 3.05) is 6.61 Å². The summed E-state index contributed by atoms with van der Waals surface area (Å²) in [6, 6.07) is 13.2. The van der Waals surface area contributed by atoms with Crippen LogP contribution in [0.25, 0.3) is 11.0 Å². The van der Waals surface area contributed by atoms with E-state index in [-0.39, 0.29) is 11.3 Å². The number of carbonyl (C=O) groups excluding carboxylic acids is 2. The number of furan rings is 1. The van der Waals surface area contributed by atoms with E-state index in [1.165, 1.54) is 18.2 Å². The lowest BCUT2D eigenvalue weighted by Crippen LogP contribution is -2.13. The summed E-state index contributed by atoms with van der Waals surface area (Å²) in [6.07, 6.45) is 0. The molecule has 0 aliphatic carbocycles. The van der Waals surface area contributed by atoms with Gasteiger partial charge in [0.2, 0.25) is 5.78 Å². The number of carbonyl (C=O) groups is 2. The predicted molar refractivity (Wildman–Crippen MR) is 87.3 cm³/mol. The summed E-state index contributed by atoms with van der Waals surface area (Å²) in [5, 5.41) is 1.44. The maximum atomic E-state index is 12.1. The number of ketones is 1. The third kappa shape index (κ3) is 3.55. The van der Waals surface area contributed by atoms with Crippen molar-refractivity contribution in [1.82, 2.24) is 0 Å². The van der Waals surface area contributed by atoms with Crippen LogP contribution in [0, 0.1) is 0 Å². The zero-order valence-electron chi connectivity index (χ0n) is 11.7. The molecule has 0 spiro atoms. The summed E-state index contributed by atoms with van der Waals surface area (Å²) in [7, 11) is 0. The monoisotopic (exact) mass is 348 g/mol. The first kappa shape index (κ1) is 15.6. The normalized spacial score (nSPS) is 10.7. The molecule has 0 saturated heterocycles. The van der Waals surface area contributed by atoms with Crippen molar-refractivity contribution in [3.63, 3.8) is 0 Å². The molecule has 0 saturated carbocycles. The highest BCUT2D eigenvalue weighted by Gasteiger charge is 2.16. The third-order valence-corrected chi connectivity index (χ3v) is 3.57. The molecule has 0 bridgehead atoms. The molecule has 0 radical (unpaired) electrons. The van der Waals surface area contributed by atoms with E-state index in [4.69, 9.17) is 32.4 Å². The Kier molecular flexibility index (Phi) is 4.37. The molecule has 0 amide bonds. The number of rotatable bonds is 4. The average molecular weight is 349 g/mol. The average Bonchev–Trinajstić information content (AvgIpc) is 2.95. The van der Waals surface area contributed by atoms with Crippen LogP contribution in [-0.4, -0.2) is 18.4 Å². The van der Waals surface area contributed by atoms with E-state index in [2.05, 4.69) is 0 Å². The Hall–Kier alpha value is -2.30. The number of hydrogen-bond acceptors (Lipinski definition) is 4. The molecule has 4 nitrogen and oxygen atoms in total. The largest absolute Gasteiger partial charge is 0.454 e. The Morgan fingerprint density at radius 3 is 2.39 bits per heavy atom. The van der Waals surface area contributed by atoms with Gasteiger partial charge in [-0.2, -0.15) is 0 Å². The fourth-order valence-electron chi connectivity index (χ4n) is 2.08. The number of ether oxygens (including phenoxy) is 1. The molecular formula is C17H10Cl2O4. The molecule has 3 rings (SSSR count). The summed E-state index contributed by atoms with van der Waals surface area (Å²) in [4.78, 5) is 24.0. The standard InChI is InChI=1S/C17H10Cl2O4/c18-12-5-11(6-13(19)8-12)17(21)22-9-14(20)16-7-10-3-1-2-4-15(10)23-16/h1-8H,9H2. The molecule has 1 heterocycles. The number of halogens is 2. The second-order valence-electron chi connectivity index (χ2n) is 4.81. The fourth-order valence-corrected chi connectivity index (χ4v) is 2.60. The number of benzene rings is 2. The molecule has 0 atom stereocenters. The van der Waals surface area contributed by atoms with Crippen molar-refractivity contribution < 1.29 is 18.7 Å². The van der Waals surface area contributed by atoms with Gasteiger partial charge in [0.05, 0.1) is 5.56 Å². The molecule has 0 aliphatic rings. The van der Waals surface area contributed by atoms with Gasteiger partial charge >= 0.3 is 5.97 Å². The SMILES string of the molecule is O=C(OCC(=O)c1cc2ccccc2o1)c1cc(Cl)cc(Cl)c1. The van der Waals surface area contributed by atoms with Gasteiger partial charge in [0, 0.05) is 15.4 Å². The van der Waals surface area contributed by atoms with Gasteiger partial charge in [0.1, 0.15) is 5.58 Å². The van der Waals surface area contributed by atoms with E-state index >= 15 is 0 Å². The number of para-hydroxylation sites is 1. The number of fused-ring (bicyclic) bond motifs is 1. The molecule has 0 unspecified atom stereocenters. The Morgan fingerprint density at radius 1 is 1.00 bits per heavy atom. The van der Waals surface area contributed by atoms with Gasteiger partial charge in [-0.25, -0.2) is 4.79 Å². The van der Waals surface area contributed by atoms with Crippen LogP contribution in [0.4, 0.5) is 0 Å². The fraction of sp³-hybridized carbons (Fsp3) is 0.0588. The van der Waals surface area contributed by atoms with Crippen molar-refractivity contribution in [1.29, 1.82) is 0 Å². The lowest BCUT2D eigenvalue weighted by molar-refractivity contribution is 0.0468. The molecule has 6 heteroatoms. The van der Waals surface area contributed by atoms with E-state index < -0.39 is 18.4 Å². The van der Waals surface area contributed by atoms with E-state index in [9.17, 15) is 9.59 Å². The van der Waals surface area contributed by atoms with Crippen molar-refractivity contribution in [2.24, 2.45) is 0 Å². The molecule has 23 heavy (non-hydrogen) atoms. The first-order valence-corrected chi connectivity index (χ1v) is 7.43. The lowest BCUT2D eigenvalue weighted by Gasteiger charge is -2.04. The Labute approximate surface area is 141 Å². The second-order valence-corrected chi connectivity index (χ2v) is 5.68. The number of esters is 1. The van der Waals surface area contributed by atoms with Crippen LogP contribution in [0.1, 0.15) is 20.9 Å². The molecule has 1 aromatic heterocycles. The van der Waals surface area contributed by atoms with Gasteiger partial charge < -0.3 is 9.15 Å². The summed E-state index contributed by atoms with van der Waals surface area (Å²) in [5.41, 5.74) is 0.781. The Bertz CT molecular complexity index is 845. The summed E-state index contributed by atoms with van der Waals surface area (Å²) in [6.45, 7) is -0.428. The second kappa shape index (κ2) is 6.44. The van der Waals surface area contributed by atoms with E-state index in [1.54, 1.807) is 12.1 Å². The van der Waals surface area contributed by atoms with Crippen LogP contribution < -0.4 is 0 Å². The van der Waals surface area contributed by atoms with Crippen LogP contribution >= 0.6 is 23.2 Å².